The van der Waals surface area contributed by atoms with Gasteiger partial charge in [0.2, 0.25) is 11.8 Å². The van der Waals surface area contributed by atoms with Crippen LogP contribution in [0.5, 0.6) is 0 Å². The molecule has 2 amide bonds. The second-order valence-electron chi connectivity index (χ2n) is 8.64. The fourth-order valence-electron chi connectivity index (χ4n) is 4.45. The summed E-state index contributed by atoms with van der Waals surface area (Å²) in [6.45, 7) is 5.16. The van der Waals surface area contributed by atoms with Crippen molar-refractivity contribution in [2.24, 2.45) is 0 Å². The van der Waals surface area contributed by atoms with E-state index >= 15 is 0 Å². The summed E-state index contributed by atoms with van der Waals surface area (Å²) >= 11 is 0. The molecule has 2 aliphatic rings. The summed E-state index contributed by atoms with van der Waals surface area (Å²) < 4.78 is 23.6. The van der Waals surface area contributed by atoms with Crippen LogP contribution in [-0.2, 0) is 19.4 Å². The molecule has 1 N–H and O–H groups in total. The highest BCUT2D eigenvalue weighted by Gasteiger charge is 2.37. The third-order valence-electron chi connectivity index (χ3n) is 6.03. The van der Waals surface area contributed by atoms with Crippen molar-refractivity contribution in [3.63, 3.8) is 0 Å². The van der Waals surface area contributed by atoms with Gasteiger partial charge in [-0.3, -0.25) is 19.8 Å². The first kappa shape index (κ1) is 22.4. The van der Waals surface area contributed by atoms with Crippen molar-refractivity contribution >= 4 is 33.0 Å². The van der Waals surface area contributed by atoms with Crippen LogP contribution in [0.2, 0.25) is 0 Å². The van der Waals surface area contributed by atoms with Gasteiger partial charge in [-0.25, -0.2) is 8.42 Å². The molecule has 2 aromatic carbocycles. The zero-order valence-corrected chi connectivity index (χ0v) is 19.5. The van der Waals surface area contributed by atoms with Crippen LogP contribution in [0.25, 0.3) is 11.1 Å². The summed E-state index contributed by atoms with van der Waals surface area (Å²) in [5.41, 5.74) is 3.06. The third kappa shape index (κ3) is 4.15. The number of sulfone groups is 1. The maximum Gasteiger partial charge on any atom is 0.245 e. The molecule has 32 heavy (non-hydrogen) atoms. The number of amides is 2. The fraction of sp³-hybridized carbons (Fsp3) is 0.391. The normalized spacial score (nSPS) is 21.5. The number of anilines is 2. The molecule has 2 aromatic rings. The molecule has 2 aliphatic heterocycles. The predicted molar refractivity (Wildman–Crippen MR) is 124 cm³/mol. The van der Waals surface area contributed by atoms with E-state index in [9.17, 15) is 18.0 Å². The lowest BCUT2D eigenvalue weighted by Crippen LogP contribution is -2.55. The van der Waals surface area contributed by atoms with Crippen LogP contribution in [0.15, 0.2) is 47.4 Å². The monoisotopic (exact) mass is 456 g/mol. The number of benzene rings is 2. The number of rotatable bonds is 3. The Kier molecular flexibility index (Phi) is 5.83. The van der Waals surface area contributed by atoms with Crippen molar-refractivity contribution in [1.29, 1.82) is 0 Å². The molecule has 9 heteroatoms. The number of hydrogen-bond acceptors (Lipinski definition) is 6. The third-order valence-corrected chi connectivity index (χ3v) is 7.16. The van der Waals surface area contributed by atoms with Gasteiger partial charge in [-0.2, -0.15) is 0 Å². The fourth-order valence-corrected chi connectivity index (χ4v) is 5.08. The maximum atomic E-state index is 13.4. The highest BCUT2D eigenvalue weighted by Crippen LogP contribution is 2.39. The Hall–Kier alpha value is -2.75. The molecule has 2 heterocycles. The number of likely N-dealkylation sites (N-methyl/N-ethyl adjacent to an activating group) is 1. The van der Waals surface area contributed by atoms with Crippen LogP contribution in [0, 0.1) is 0 Å². The van der Waals surface area contributed by atoms with Crippen molar-refractivity contribution in [2.45, 2.75) is 30.8 Å². The molecular formula is C23H28N4O4S. The predicted octanol–water partition coefficient (Wildman–Crippen LogP) is 1.71. The lowest BCUT2D eigenvalue weighted by molar-refractivity contribution is -0.121. The maximum absolute atomic E-state index is 13.4. The molecule has 1 fully saturated rings. The molecule has 0 aliphatic carbocycles. The number of nitrogens with zero attached hydrogens (tertiary/aromatic N) is 3. The van der Waals surface area contributed by atoms with Gasteiger partial charge in [-0.15, -0.1) is 0 Å². The zero-order valence-electron chi connectivity index (χ0n) is 18.7. The average molecular weight is 457 g/mol. The first-order valence-electron chi connectivity index (χ1n) is 10.5. The molecule has 0 bridgehead atoms. The Morgan fingerprint density at radius 2 is 1.66 bits per heavy atom. The second-order valence-corrected chi connectivity index (χ2v) is 10.7. The zero-order chi connectivity index (χ0) is 23.2. The van der Waals surface area contributed by atoms with Gasteiger partial charge in [0.25, 0.3) is 0 Å². The Morgan fingerprint density at radius 3 is 2.22 bits per heavy atom. The number of carbonyl (C=O) groups excluding carboxylic acids is 2. The first-order valence-corrected chi connectivity index (χ1v) is 12.4. The molecule has 2 atom stereocenters. The minimum atomic E-state index is -3.28. The lowest BCUT2D eigenvalue weighted by Gasteiger charge is -2.41. The Morgan fingerprint density at radius 1 is 1.00 bits per heavy atom. The summed E-state index contributed by atoms with van der Waals surface area (Å²) in [4.78, 5) is 31.6. The quantitative estimate of drug-likeness (QED) is 0.756. The summed E-state index contributed by atoms with van der Waals surface area (Å²) in [7, 11) is -1.32. The molecule has 8 nitrogen and oxygen atoms in total. The standard InChI is InChI=1S/C23H28N4O4S/c1-15-12-26(23(29)20-13-25(3)14-24-20)22-11-18(7-10-21(22)27(15)16(2)28)17-5-8-19(9-6-17)32(4,30)31/h5-11,15,20,24H,12-14H2,1-4H3/t15-,20?/m0/s1. The minimum Gasteiger partial charge on any atom is -0.307 e. The van der Waals surface area contributed by atoms with E-state index in [1.807, 2.05) is 32.2 Å². The molecule has 170 valence electrons. The minimum absolute atomic E-state index is 0.0183. The lowest BCUT2D eigenvalue weighted by atomic mass is 10.00. The number of carbonyl (C=O) groups is 2. The van der Waals surface area contributed by atoms with Crippen molar-refractivity contribution in [2.75, 3.05) is 42.9 Å². The van der Waals surface area contributed by atoms with Gasteiger partial charge in [0.05, 0.1) is 22.3 Å². The molecular weight excluding hydrogens is 428 g/mol. The average Bonchev–Trinajstić information content (AvgIpc) is 3.17. The van der Waals surface area contributed by atoms with Crippen LogP contribution < -0.4 is 15.1 Å². The van der Waals surface area contributed by atoms with Gasteiger partial charge in [0.1, 0.15) is 6.04 Å². The van der Waals surface area contributed by atoms with E-state index in [-0.39, 0.29) is 28.8 Å². The Balaban J connectivity index is 1.76. The smallest absolute Gasteiger partial charge is 0.245 e. The molecule has 0 aromatic heterocycles. The van der Waals surface area contributed by atoms with Crippen LogP contribution >= 0.6 is 0 Å². The molecule has 4 rings (SSSR count). The van der Waals surface area contributed by atoms with E-state index in [1.54, 1.807) is 34.1 Å². The van der Waals surface area contributed by atoms with Gasteiger partial charge in [-0.05, 0) is 49.4 Å². The Bertz CT molecular complexity index is 1160. The van der Waals surface area contributed by atoms with Crippen LogP contribution in [0.4, 0.5) is 11.4 Å². The van der Waals surface area contributed by atoms with Gasteiger partial charge in [-0.1, -0.05) is 18.2 Å². The topological polar surface area (TPSA) is 90.0 Å². The van der Waals surface area contributed by atoms with Crippen LogP contribution in [0.3, 0.4) is 0 Å². The molecule has 1 unspecified atom stereocenters. The van der Waals surface area contributed by atoms with Crippen molar-refractivity contribution in [3.05, 3.63) is 42.5 Å². The van der Waals surface area contributed by atoms with Gasteiger partial charge >= 0.3 is 0 Å². The SMILES string of the molecule is CC(=O)N1c2ccc(-c3ccc(S(C)(=O)=O)cc3)cc2N(C(=O)C2CN(C)CN2)C[C@@H]1C. The van der Waals surface area contributed by atoms with Crippen molar-refractivity contribution in [3.8, 4) is 11.1 Å². The number of hydrogen-bond donors (Lipinski definition) is 1. The Labute approximate surface area is 188 Å². The van der Waals surface area contributed by atoms with E-state index in [2.05, 4.69) is 10.2 Å². The van der Waals surface area contributed by atoms with E-state index in [1.165, 1.54) is 13.2 Å². The number of nitrogens with one attached hydrogen (secondary N) is 1. The molecule has 0 saturated carbocycles. The highest BCUT2D eigenvalue weighted by atomic mass is 32.2. The van der Waals surface area contributed by atoms with Crippen molar-refractivity contribution in [1.82, 2.24) is 10.2 Å². The summed E-state index contributed by atoms with van der Waals surface area (Å²) in [5, 5.41) is 3.25. The van der Waals surface area contributed by atoms with Crippen LogP contribution in [0.1, 0.15) is 13.8 Å². The van der Waals surface area contributed by atoms with Crippen LogP contribution in [-0.4, -0.2) is 70.3 Å². The largest absolute Gasteiger partial charge is 0.307 e. The second kappa shape index (κ2) is 8.31. The van der Waals surface area contributed by atoms with E-state index in [4.69, 9.17) is 0 Å². The van der Waals surface area contributed by atoms with Crippen molar-refractivity contribution < 1.29 is 18.0 Å². The van der Waals surface area contributed by atoms with Gasteiger partial charge < -0.3 is 9.80 Å². The highest BCUT2D eigenvalue weighted by molar-refractivity contribution is 7.90. The van der Waals surface area contributed by atoms with E-state index in [0.29, 0.717) is 31.1 Å². The van der Waals surface area contributed by atoms with Gasteiger partial charge in [0, 0.05) is 32.9 Å². The van der Waals surface area contributed by atoms with E-state index in [0.717, 1.165) is 11.1 Å². The number of fused-ring (bicyclic) bond motifs is 1. The summed E-state index contributed by atoms with van der Waals surface area (Å²) in [6.07, 6.45) is 1.18. The molecule has 0 spiro atoms. The van der Waals surface area contributed by atoms with Gasteiger partial charge in [0.15, 0.2) is 9.84 Å². The summed E-state index contributed by atoms with van der Waals surface area (Å²) in [6, 6.07) is 11.9. The molecule has 0 radical (unpaired) electrons. The first-order chi connectivity index (χ1) is 15.1. The summed E-state index contributed by atoms with van der Waals surface area (Å²) in [5.74, 6) is -0.0925. The molecule has 1 saturated heterocycles. The van der Waals surface area contributed by atoms with E-state index < -0.39 is 9.84 Å².